The first-order chi connectivity index (χ1) is 12.0. The van der Waals surface area contributed by atoms with E-state index in [9.17, 15) is 9.59 Å². The number of hydrogen-bond donors (Lipinski definition) is 0. The van der Waals surface area contributed by atoms with Gasteiger partial charge in [0, 0.05) is 44.0 Å². The van der Waals surface area contributed by atoms with Gasteiger partial charge in [0.25, 0.3) is 0 Å². The minimum Gasteiger partial charge on any atom is -0.378 e. The van der Waals surface area contributed by atoms with Gasteiger partial charge in [-0.2, -0.15) is 0 Å². The van der Waals surface area contributed by atoms with Crippen LogP contribution in [-0.4, -0.2) is 32.3 Å². The Morgan fingerprint density at radius 3 is 2.52 bits per heavy atom. The Hall–Kier alpha value is -2.88. The highest BCUT2D eigenvalue weighted by Crippen LogP contribution is 2.22. The molecule has 4 heteroatoms. The molecule has 1 saturated heterocycles. The second kappa shape index (κ2) is 7.34. The van der Waals surface area contributed by atoms with Crippen LogP contribution in [0.2, 0.25) is 0 Å². The molecule has 0 bridgehead atoms. The van der Waals surface area contributed by atoms with Crippen molar-refractivity contribution < 1.29 is 9.59 Å². The fraction of sp³-hybridized carbons (Fsp3) is 0.238. The van der Waals surface area contributed by atoms with E-state index in [1.165, 1.54) is 0 Å². The summed E-state index contributed by atoms with van der Waals surface area (Å²) in [5.41, 5.74) is 3.49. The van der Waals surface area contributed by atoms with Gasteiger partial charge >= 0.3 is 0 Å². The van der Waals surface area contributed by atoms with Crippen molar-refractivity contribution in [2.24, 2.45) is 0 Å². The Morgan fingerprint density at radius 2 is 1.88 bits per heavy atom. The van der Waals surface area contributed by atoms with Crippen molar-refractivity contribution in [3.8, 4) is 0 Å². The van der Waals surface area contributed by atoms with Crippen LogP contribution in [0.1, 0.15) is 28.8 Å². The van der Waals surface area contributed by atoms with Gasteiger partial charge in [0.1, 0.15) is 0 Å². The van der Waals surface area contributed by atoms with Crippen LogP contribution < -0.4 is 9.80 Å². The Morgan fingerprint density at radius 1 is 1.12 bits per heavy atom. The van der Waals surface area contributed by atoms with E-state index in [2.05, 4.69) is 0 Å². The fourth-order valence-electron chi connectivity index (χ4n) is 2.90. The number of ketones is 1. The highest BCUT2D eigenvalue weighted by molar-refractivity contribution is 6.08. The highest BCUT2D eigenvalue weighted by atomic mass is 16.2. The van der Waals surface area contributed by atoms with E-state index < -0.39 is 0 Å². The lowest BCUT2D eigenvalue weighted by Gasteiger charge is -2.16. The van der Waals surface area contributed by atoms with Crippen molar-refractivity contribution >= 4 is 29.1 Å². The topological polar surface area (TPSA) is 40.6 Å². The van der Waals surface area contributed by atoms with Gasteiger partial charge in [0.2, 0.25) is 5.91 Å². The number of carbonyl (C=O) groups is 2. The van der Waals surface area contributed by atoms with E-state index >= 15 is 0 Å². The van der Waals surface area contributed by atoms with Gasteiger partial charge in [-0.25, -0.2) is 0 Å². The maximum absolute atomic E-state index is 12.4. The Labute approximate surface area is 148 Å². The van der Waals surface area contributed by atoms with Gasteiger partial charge in [-0.1, -0.05) is 30.3 Å². The first kappa shape index (κ1) is 17.0. The maximum Gasteiger partial charge on any atom is 0.227 e. The normalized spacial score (nSPS) is 14.3. The average Bonchev–Trinajstić information content (AvgIpc) is 3.06. The molecule has 2 aromatic carbocycles. The van der Waals surface area contributed by atoms with Crippen LogP contribution in [0.3, 0.4) is 0 Å². The smallest absolute Gasteiger partial charge is 0.227 e. The van der Waals surface area contributed by atoms with E-state index in [1.54, 1.807) is 23.1 Å². The standard InChI is InChI=1S/C21H22N2O2/c1-22(2)18-11-8-16(9-12-18)10-13-20(24)17-5-3-6-19(15-17)23-14-4-7-21(23)25/h3,5-6,8-13,15H,4,7,14H2,1-2H3. The molecule has 1 aliphatic rings. The lowest BCUT2D eigenvalue weighted by molar-refractivity contribution is -0.117. The van der Waals surface area contributed by atoms with Crippen LogP contribution in [0, 0.1) is 0 Å². The fourth-order valence-corrected chi connectivity index (χ4v) is 2.90. The molecule has 0 aliphatic carbocycles. The van der Waals surface area contributed by atoms with Gasteiger partial charge in [-0.15, -0.1) is 0 Å². The van der Waals surface area contributed by atoms with Gasteiger partial charge in [-0.05, 0) is 42.3 Å². The van der Waals surface area contributed by atoms with Gasteiger partial charge < -0.3 is 9.80 Å². The summed E-state index contributed by atoms with van der Waals surface area (Å²) in [5, 5.41) is 0. The van der Waals surface area contributed by atoms with Crippen molar-refractivity contribution in [1.82, 2.24) is 0 Å². The van der Waals surface area contributed by atoms with Gasteiger partial charge in [-0.3, -0.25) is 9.59 Å². The number of anilines is 2. The molecule has 1 amide bonds. The molecule has 0 radical (unpaired) electrons. The summed E-state index contributed by atoms with van der Waals surface area (Å²) in [7, 11) is 3.99. The summed E-state index contributed by atoms with van der Waals surface area (Å²) in [5.74, 6) is 0.0614. The number of rotatable bonds is 5. The molecular weight excluding hydrogens is 312 g/mol. The van der Waals surface area contributed by atoms with Crippen LogP contribution in [0.5, 0.6) is 0 Å². The summed E-state index contributed by atoms with van der Waals surface area (Å²) >= 11 is 0. The lowest BCUT2D eigenvalue weighted by Crippen LogP contribution is -2.23. The second-order valence-electron chi connectivity index (χ2n) is 6.38. The Kier molecular flexibility index (Phi) is 4.98. The van der Waals surface area contributed by atoms with Crippen LogP contribution >= 0.6 is 0 Å². The minimum absolute atomic E-state index is 0.0646. The Balaban J connectivity index is 1.73. The summed E-state index contributed by atoms with van der Waals surface area (Å²) in [6, 6.07) is 15.3. The molecule has 0 unspecified atom stereocenters. The van der Waals surface area contributed by atoms with E-state index in [1.807, 2.05) is 61.5 Å². The molecule has 128 valence electrons. The molecule has 4 nitrogen and oxygen atoms in total. The van der Waals surface area contributed by atoms with E-state index in [0.29, 0.717) is 12.0 Å². The average molecular weight is 334 g/mol. The molecule has 0 saturated carbocycles. The minimum atomic E-state index is -0.0646. The number of allylic oxidation sites excluding steroid dienone is 1. The lowest BCUT2D eigenvalue weighted by atomic mass is 10.1. The molecule has 2 aromatic rings. The van der Waals surface area contributed by atoms with E-state index in [0.717, 1.165) is 29.9 Å². The van der Waals surface area contributed by atoms with Gasteiger partial charge in [0.05, 0.1) is 0 Å². The number of carbonyl (C=O) groups excluding carboxylic acids is 2. The first-order valence-corrected chi connectivity index (χ1v) is 8.45. The molecule has 1 heterocycles. The zero-order valence-electron chi connectivity index (χ0n) is 14.6. The summed E-state index contributed by atoms with van der Waals surface area (Å²) in [4.78, 5) is 28.1. The zero-order chi connectivity index (χ0) is 17.8. The molecule has 1 fully saturated rings. The van der Waals surface area contributed by atoms with Crippen molar-refractivity contribution in [3.05, 3.63) is 65.7 Å². The van der Waals surface area contributed by atoms with Crippen molar-refractivity contribution in [2.45, 2.75) is 12.8 Å². The number of amides is 1. The third-order valence-corrected chi connectivity index (χ3v) is 4.35. The van der Waals surface area contributed by atoms with Crippen molar-refractivity contribution in [2.75, 3.05) is 30.4 Å². The summed E-state index contributed by atoms with van der Waals surface area (Å²) in [6.07, 6.45) is 4.85. The molecule has 3 rings (SSSR count). The molecule has 0 N–H and O–H groups in total. The predicted molar refractivity (Wildman–Crippen MR) is 102 cm³/mol. The van der Waals surface area contributed by atoms with Crippen molar-refractivity contribution in [1.29, 1.82) is 0 Å². The third-order valence-electron chi connectivity index (χ3n) is 4.35. The first-order valence-electron chi connectivity index (χ1n) is 8.45. The molecule has 0 atom stereocenters. The number of benzene rings is 2. The van der Waals surface area contributed by atoms with Crippen molar-refractivity contribution in [3.63, 3.8) is 0 Å². The molecule has 25 heavy (non-hydrogen) atoms. The SMILES string of the molecule is CN(C)c1ccc(C=CC(=O)c2cccc(N3CCCC3=O)c2)cc1. The van der Waals surface area contributed by atoms with Gasteiger partial charge in [0.15, 0.2) is 5.78 Å². The van der Waals surface area contributed by atoms with Crippen LogP contribution in [0.25, 0.3) is 6.08 Å². The van der Waals surface area contributed by atoms with Crippen LogP contribution in [-0.2, 0) is 4.79 Å². The molecule has 0 aromatic heterocycles. The van der Waals surface area contributed by atoms with Crippen LogP contribution in [0.4, 0.5) is 11.4 Å². The zero-order valence-corrected chi connectivity index (χ0v) is 14.6. The Bertz CT molecular complexity index is 807. The third kappa shape index (κ3) is 3.97. The predicted octanol–water partition coefficient (Wildman–Crippen LogP) is 3.78. The quantitative estimate of drug-likeness (QED) is 0.617. The highest BCUT2D eigenvalue weighted by Gasteiger charge is 2.21. The molecular formula is C21H22N2O2. The summed E-state index contributed by atoms with van der Waals surface area (Å²) < 4.78 is 0. The van der Waals surface area contributed by atoms with Crippen LogP contribution in [0.15, 0.2) is 54.6 Å². The molecule has 0 spiro atoms. The second-order valence-corrected chi connectivity index (χ2v) is 6.38. The van der Waals surface area contributed by atoms with E-state index in [4.69, 9.17) is 0 Å². The number of nitrogens with zero attached hydrogens (tertiary/aromatic N) is 2. The monoisotopic (exact) mass is 334 g/mol. The number of hydrogen-bond acceptors (Lipinski definition) is 3. The largest absolute Gasteiger partial charge is 0.378 e. The molecule has 1 aliphatic heterocycles. The maximum atomic E-state index is 12.4. The van der Waals surface area contributed by atoms with E-state index in [-0.39, 0.29) is 11.7 Å². The summed E-state index contributed by atoms with van der Waals surface area (Å²) in [6.45, 7) is 0.727.